The summed E-state index contributed by atoms with van der Waals surface area (Å²) in [4.78, 5) is 0. The Hall–Kier alpha value is -2.73. The zero-order valence-electron chi connectivity index (χ0n) is 10.4. The number of hydrogen-bond donors (Lipinski definition) is 1. The maximum Gasteiger partial charge on any atom is 0.0995 e. The van der Waals surface area contributed by atoms with Gasteiger partial charge in [-0.25, -0.2) is 0 Å². The first kappa shape index (κ1) is 11.4. The Bertz CT molecular complexity index is 778. The predicted molar refractivity (Wildman–Crippen MR) is 76.6 cm³/mol. The molecule has 2 N–H and O–H groups in total. The fourth-order valence-corrected chi connectivity index (χ4v) is 2.34. The quantitative estimate of drug-likeness (QED) is 0.707. The molecule has 0 aliphatic heterocycles. The van der Waals surface area contributed by atoms with E-state index in [1.807, 2.05) is 54.7 Å². The van der Waals surface area contributed by atoms with Crippen molar-refractivity contribution in [3.63, 3.8) is 0 Å². The van der Waals surface area contributed by atoms with Crippen molar-refractivity contribution >= 4 is 16.6 Å². The third kappa shape index (κ3) is 1.94. The minimum absolute atomic E-state index is 0.677. The van der Waals surface area contributed by atoms with Crippen molar-refractivity contribution in [2.24, 2.45) is 0 Å². The second kappa shape index (κ2) is 4.51. The molecule has 92 valence electrons. The van der Waals surface area contributed by atoms with E-state index < -0.39 is 0 Å². The molecule has 0 atom stereocenters. The summed E-state index contributed by atoms with van der Waals surface area (Å²) in [7, 11) is 0. The van der Waals surface area contributed by atoms with Crippen LogP contribution in [-0.2, 0) is 6.54 Å². The molecule has 19 heavy (non-hydrogen) atoms. The SMILES string of the molecule is N#Cc1ccccc1Cn1ccc2c(N)cccc21. The topological polar surface area (TPSA) is 54.7 Å². The largest absolute Gasteiger partial charge is 0.398 e. The number of aromatic nitrogens is 1. The molecule has 0 fully saturated rings. The van der Waals surface area contributed by atoms with E-state index in [0.717, 1.165) is 22.2 Å². The Morgan fingerprint density at radius 1 is 1.05 bits per heavy atom. The van der Waals surface area contributed by atoms with E-state index in [4.69, 9.17) is 11.0 Å². The minimum atomic E-state index is 0.677. The number of benzene rings is 2. The maximum absolute atomic E-state index is 9.13. The highest BCUT2D eigenvalue weighted by molar-refractivity contribution is 5.91. The van der Waals surface area contributed by atoms with Gasteiger partial charge in [0.1, 0.15) is 0 Å². The summed E-state index contributed by atoms with van der Waals surface area (Å²) in [5, 5.41) is 10.2. The van der Waals surface area contributed by atoms with Crippen molar-refractivity contribution in [3.05, 3.63) is 65.9 Å². The van der Waals surface area contributed by atoms with Crippen molar-refractivity contribution in [1.29, 1.82) is 5.26 Å². The van der Waals surface area contributed by atoms with Crippen LogP contribution in [0.3, 0.4) is 0 Å². The monoisotopic (exact) mass is 247 g/mol. The lowest BCUT2D eigenvalue weighted by Crippen LogP contribution is -2.00. The average Bonchev–Trinajstić information content (AvgIpc) is 2.84. The second-order valence-corrected chi connectivity index (χ2v) is 4.49. The first-order valence-electron chi connectivity index (χ1n) is 6.11. The van der Waals surface area contributed by atoms with Crippen LogP contribution in [0.2, 0.25) is 0 Å². The first-order chi connectivity index (χ1) is 9.29. The van der Waals surface area contributed by atoms with Gasteiger partial charge in [-0.2, -0.15) is 5.26 Å². The van der Waals surface area contributed by atoms with E-state index in [2.05, 4.69) is 10.6 Å². The number of nitriles is 1. The van der Waals surface area contributed by atoms with Gasteiger partial charge >= 0.3 is 0 Å². The minimum Gasteiger partial charge on any atom is -0.398 e. The number of nitrogens with zero attached hydrogens (tertiary/aromatic N) is 2. The molecule has 0 saturated carbocycles. The van der Waals surface area contributed by atoms with Gasteiger partial charge < -0.3 is 10.3 Å². The van der Waals surface area contributed by atoms with Gasteiger partial charge in [0.05, 0.1) is 17.1 Å². The molecule has 3 heteroatoms. The molecule has 0 aliphatic rings. The van der Waals surface area contributed by atoms with E-state index in [-0.39, 0.29) is 0 Å². The summed E-state index contributed by atoms with van der Waals surface area (Å²) in [5.41, 5.74) is 9.56. The molecule has 0 amide bonds. The molecule has 0 unspecified atom stereocenters. The van der Waals surface area contributed by atoms with Crippen LogP contribution in [0.1, 0.15) is 11.1 Å². The zero-order chi connectivity index (χ0) is 13.2. The maximum atomic E-state index is 9.13. The Balaban J connectivity index is 2.07. The van der Waals surface area contributed by atoms with Gasteiger partial charge in [-0.1, -0.05) is 24.3 Å². The van der Waals surface area contributed by atoms with E-state index in [1.165, 1.54) is 0 Å². The fourth-order valence-electron chi connectivity index (χ4n) is 2.34. The fraction of sp³-hybridized carbons (Fsp3) is 0.0625. The van der Waals surface area contributed by atoms with Crippen LogP contribution in [-0.4, -0.2) is 4.57 Å². The van der Waals surface area contributed by atoms with E-state index in [0.29, 0.717) is 12.1 Å². The van der Waals surface area contributed by atoms with Gasteiger partial charge in [-0.15, -0.1) is 0 Å². The number of hydrogen-bond acceptors (Lipinski definition) is 2. The van der Waals surface area contributed by atoms with Crippen LogP contribution in [0.4, 0.5) is 5.69 Å². The van der Waals surface area contributed by atoms with Gasteiger partial charge in [0.2, 0.25) is 0 Å². The number of anilines is 1. The summed E-state index contributed by atoms with van der Waals surface area (Å²) < 4.78 is 2.11. The van der Waals surface area contributed by atoms with Crippen LogP contribution in [0.15, 0.2) is 54.7 Å². The summed E-state index contributed by atoms with van der Waals surface area (Å²) in [6.45, 7) is 0.677. The molecule has 0 spiro atoms. The molecule has 1 aromatic heterocycles. The Kier molecular flexibility index (Phi) is 2.70. The highest BCUT2D eigenvalue weighted by Gasteiger charge is 2.06. The predicted octanol–water partition coefficient (Wildman–Crippen LogP) is 3.14. The lowest BCUT2D eigenvalue weighted by atomic mass is 10.1. The summed E-state index contributed by atoms with van der Waals surface area (Å²) in [5.74, 6) is 0. The number of nitrogen functional groups attached to an aromatic ring is 1. The van der Waals surface area contributed by atoms with Gasteiger partial charge in [0.15, 0.2) is 0 Å². The van der Waals surface area contributed by atoms with Gasteiger partial charge in [0, 0.05) is 23.8 Å². The van der Waals surface area contributed by atoms with Crippen LogP contribution in [0, 0.1) is 11.3 Å². The molecular weight excluding hydrogens is 234 g/mol. The third-order valence-corrected chi connectivity index (χ3v) is 3.33. The smallest absolute Gasteiger partial charge is 0.0995 e. The molecule has 3 aromatic rings. The van der Waals surface area contributed by atoms with Crippen LogP contribution < -0.4 is 5.73 Å². The molecule has 0 bridgehead atoms. The van der Waals surface area contributed by atoms with Crippen LogP contribution >= 0.6 is 0 Å². The Morgan fingerprint density at radius 3 is 2.74 bits per heavy atom. The lowest BCUT2D eigenvalue weighted by Gasteiger charge is -2.07. The van der Waals surface area contributed by atoms with Gasteiger partial charge in [0.25, 0.3) is 0 Å². The summed E-state index contributed by atoms with van der Waals surface area (Å²) in [6, 6.07) is 17.8. The highest BCUT2D eigenvalue weighted by atomic mass is 15.0. The Labute approximate surface area is 111 Å². The van der Waals surface area contributed by atoms with Gasteiger partial charge in [-0.05, 0) is 29.8 Å². The van der Waals surface area contributed by atoms with Crippen molar-refractivity contribution in [1.82, 2.24) is 4.57 Å². The Morgan fingerprint density at radius 2 is 1.89 bits per heavy atom. The average molecular weight is 247 g/mol. The van der Waals surface area contributed by atoms with E-state index in [1.54, 1.807) is 0 Å². The zero-order valence-corrected chi connectivity index (χ0v) is 10.4. The molecule has 0 aliphatic carbocycles. The van der Waals surface area contributed by atoms with Crippen molar-refractivity contribution in [2.45, 2.75) is 6.54 Å². The molecule has 1 heterocycles. The number of nitrogens with two attached hydrogens (primary N) is 1. The number of rotatable bonds is 2. The summed E-state index contributed by atoms with van der Waals surface area (Å²) >= 11 is 0. The molecule has 0 radical (unpaired) electrons. The molecule has 3 nitrogen and oxygen atoms in total. The van der Waals surface area contributed by atoms with Crippen molar-refractivity contribution in [3.8, 4) is 6.07 Å². The third-order valence-electron chi connectivity index (χ3n) is 3.33. The van der Waals surface area contributed by atoms with Crippen molar-refractivity contribution < 1.29 is 0 Å². The first-order valence-corrected chi connectivity index (χ1v) is 6.11. The van der Waals surface area contributed by atoms with Crippen LogP contribution in [0.5, 0.6) is 0 Å². The number of fused-ring (bicyclic) bond motifs is 1. The van der Waals surface area contributed by atoms with Crippen molar-refractivity contribution in [2.75, 3.05) is 5.73 Å². The molecule has 0 saturated heterocycles. The van der Waals surface area contributed by atoms with E-state index in [9.17, 15) is 0 Å². The second-order valence-electron chi connectivity index (χ2n) is 4.49. The lowest BCUT2D eigenvalue weighted by molar-refractivity contribution is 0.834. The van der Waals surface area contributed by atoms with Crippen LogP contribution in [0.25, 0.3) is 10.9 Å². The normalized spacial score (nSPS) is 10.5. The highest BCUT2D eigenvalue weighted by Crippen LogP contribution is 2.23. The molecule has 2 aromatic carbocycles. The van der Waals surface area contributed by atoms with Gasteiger partial charge in [-0.3, -0.25) is 0 Å². The molecule has 3 rings (SSSR count). The standard InChI is InChI=1S/C16H13N3/c17-10-12-4-1-2-5-13(12)11-19-9-8-14-15(18)6-3-7-16(14)19/h1-9H,11,18H2. The van der Waals surface area contributed by atoms with E-state index >= 15 is 0 Å². The molecular formula is C16H13N3. The summed E-state index contributed by atoms with van der Waals surface area (Å²) in [6.07, 6.45) is 2.01.